The highest BCUT2D eigenvalue weighted by molar-refractivity contribution is 5.83. The molecule has 2 N–H and O–H groups in total. The van der Waals surface area contributed by atoms with Crippen LogP contribution < -0.4 is 5.32 Å². The van der Waals surface area contributed by atoms with Crippen molar-refractivity contribution in [2.75, 3.05) is 6.54 Å². The maximum atomic E-state index is 12.1. The normalized spacial score (nSPS) is 11.0. The molecule has 0 aliphatic heterocycles. The molecule has 27 heavy (non-hydrogen) atoms. The van der Waals surface area contributed by atoms with Crippen LogP contribution in [0.2, 0.25) is 0 Å². The minimum atomic E-state index is 0.0716. The number of carbonyl (C=O) groups is 1. The summed E-state index contributed by atoms with van der Waals surface area (Å²) in [5.41, 5.74) is 4.45. The Balaban J connectivity index is 1.25. The Morgan fingerprint density at radius 1 is 1.04 bits per heavy atom. The van der Waals surface area contributed by atoms with Crippen LogP contribution in [0.1, 0.15) is 17.5 Å². The quantitative estimate of drug-likeness (QED) is 0.530. The highest BCUT2D eigenvalue weighted by atomic mass is 16.1. The monoisotopic (exact) mass is 358 g/mol. The summed E-state index contributed by atoms with van der Waals surface area (Å²) in [6.45, 7) is 0.643. The van der Waals surface area contributed by atoms with Gasteiger partial charge in [0.05, 0.1) is 11.9 Å². The molecule has 1 amide bonds. The number of fused-ring (bicyclic) bond motifs is 1. The van der Waals surface area contributed by atoms with Crippen molar-refractivity contribution in [1.82, 2.24) is 20.1 Å². The van der Waals surface area contributed by atoms with Gasteiger partial charge >= 0.3 is 0 Å². The van der Waals surface area contributed by atoms with E-state index < -0.39 is 0 Å². The number of aromatic nitrogens is 3. The van der Waals surface area contributed by atoms with Crippen LogP contribution in [0.25, 0.3) is 16.6 Å². The zero-order chi connectivity index (χ0) is 18.5. The van der Waals surface area contributed by atoms with Crippen molar-refractivity contribution in [1.29, 1.82) is 0 Å². The first kappa shape index (κ1) is 17.1. The van der Waals surface area contributed by atoms with Crippen LogP contribution in [-0.4, -0.2) is 27.2 Å². The van der Waals surface area contributed by atoms with Gasteiger partial charge in [-0.2, -0.15) is 5.10 Å². The van der Waals surface area contributed by atoms with E-state index in [1.54, 1.807) is 0 Å². The third-order valence-corrected chi connectivity index (χ3v) is 4.69. The van der Waals surface area contributed by atoms with E-state index in [1.807, 2.05) is 65.7 Å². The fraction of sp³-hybridized carbons (Fsp3) is 0.182. The number of benzene rings is 2. The second-order valence-corrected chi connectivity index (χ2v) is 6.59. The molecule has 0 fully saturated rings. The van der Waals surface area contributed by atoms with Crippen LogP contribution in [0.5, 0.6) is 0 Å². The molecule has 0 unspecified atom stereocenters. The molecule has 4 rings (SSSR count). The Kier molecular flexibility index (Phi) is 5.01. The number of H-pyrrole nitrogens is 1. The molecule has 0 saturated carbocycles. The van der Waals surface area contributed by atoms with E-state index in [1.165, 1.54) is 10.9 Å². The maximum Gasteiger partial charge on any atom is 0.220 e. The fourth-order valence-electron chi connectivity index (χ4n) is 3.23. The van der Waals surface area contributed by atoms with Crippen LogP contribution in [0.15, 0.2) is 73.2 Å². The van der Waals surface area contributed by atoms with Gasteiger partial charge in [-0.3, -0.25) is 4.79 Å². The van der Waals surface area contributed by atoms with Gasteiger partial charge in [-0.05, 0) is 42.2 Å². The van der Waals surface area contributed by atoms with E-state index >= 15 is 0 Å². The minimum Gasteiger partial charge on any atom is -0.361 e. The van der Waals surface area contributed by atoms with Crippen molar-refractivity contribution in [2.45, 2.75) is 19.3 Å². The zero-order valence-electron chi connectivity index (χ0n) is 15.1. The summed E-state index contributed by atoms with van der Waals surface area (Å²) in [7, 11) is 0. The number of aryl methyl sites for hydroxylation is 1. The average Bonchev–Trinajstić information content (AvgIpc) is 3.35. The average molecular weight is 358 g/mol. The number of rotatable bonds is 7. The Morgan fingerprint density at radius 3 is 2.74 bits per heavy atom. The highest BCUT2D eigenvalue weighted by Gasteiger charge is 2.07. The summed E-state index contributed by atoms with van der Waals surface area (Å²) >= 11 is 0. The minimum absolute atomic E-state index is 0.0716. The Morgan fingerprint density at radius 2 is 1.85 bits per heavy atom. The molecule has 0 saturated heterocycles. The lowest BCUT2D eigenvalue weighted by molar-refractivity contribution is -0.121. The maximum absolute atomic E-state index is 12.1. The van der Waals surface area contributed by atoms with E-state index in [-0.39, 0.29) is 5.91 Å². The molecule has 5 nitrogen and oxygen atoms in total. The van der Waals surface area contributed by atoms with Crippen LogP contribution in [0.3, 0.4) is 0 Å². The van der Waals surface area contributed by atoms with Gasteiger partial charge in [-0.25, -0.2) is 4.68 Å². The number of hydrogen-bond acceptors (Lipinski definition) is 2. The second kappa shape index (κ2) is 7.91. The van der Waals surface area contributed by atoms with Crippen molar-refractivity contribution in [2.24, 2.45) is 0 Å². The SMILES string of the molecule is O=C(CCc1cnn(-c2ccccc2)c1)NCCc1c[nH]c2ccccc12. The van der Waals surface area contributed by atoms with Crippen LogP contribution in [-0.2, 0) is 17.6 Å². The summed E-state index contributed by atoms with van der Waals surface area (Å²) in [5, 5.41) is 8.61. The molecule has 2 heterocycles. The molecule has 0 radical (unpaired) electrons. The molecule has 0 spiro atoms. The van der Waals surface area contributed by atoms with E-state index in [0.29, 0.717) is 19.4 Å². The highest BCUT2D eigenvalue weighted by Crippen LogP contribution is 2.17. The van der Waals surface area contributed by atoms with E-state index in [0.717, 1.165) is 23.2 Å². The summed E-state index contributed by atoms with van der Waals surface area (Å²) in [5.74, 6) is 0.0716. The summed E-state index contributed by atoms with van der Waals surface area (Å²) < 4.78 is 1.84. The van der Waals surface area contributed by atoms with Gasteiger partial charge in [-0.15, -0.1) is 0 Å². The van der Waals surface area contributed by atoms with Crippen molar-refractivity contribution >= 4 is 16.8 Å². The molecule has 0 atom stereocenters. The van der Waals surface area contributed by atoms with Gasteiger partial charge in [0, 0.05) is 36.3 Å². The number of hydrogen-bond donors (Lipinski definition) is 2. The topological polar surface area (TPSA) is 62.7 Å². The number of nitrogens with zero attached hydrogens (tertiary/aromatic N) is 2. The van der Waals surface area contributed by atoms with Crippen molar-refractivity contribution in [3.63, 3.8) is 0 Å². The zero-order valence-corrected chi connectivity index (χ0v) is 15.1. The molecular weight excluding hydrogens is 336 g/mol. The predicted octanol–water partition coefficient (Wildman–Crippen LogP) is 3.65. The van der Waals surface area contributed by atoms with Crippen LogP contribution in [0.4, 0.5) is 0 Å². The Hall–Kier alpha value is -3.34. The first-order valence-corrected chi connectivity index (χ1v) is 9.20. The Bertz CT molecular complexity index is 1030. The molecule has 0 aliphatic rings. The summed E-state index contributed by atoms with van der Waals surface area (Å²) in [6.07, 6.45) is 7.80. The standard InChI is InChI=1S/C22H22N4O/c27-22(23-13-12-18-15-24-21-9-5-4-8-20(18)21)11-10-17-14-25-26(16-17)19-6-2-1-3-7-19/h1-9,14-16,24H,10-13H2,(H,23,27). The van der Waals surface area contributed by atoms with Gasteiger partial charge in [0.2, 0.25) is 5.91 Å². The molecule has 2 aromatic carbocycles. The van der Waals surface area contributed by atoms with E-state index in [2.05, 4.69) is 27.5 Å². The Labute approximate surface area is 158 Å². The largest absolute Gasteiger partial charge is 0.361 e. The number of amides is 1. The lowest BCUT2D eigenvalue weighted by Crippen LogP contribution is -2.25. The van der Waals surface area contributed by atoms with E-state index in [9.17, 15) is 4.79 Å². The number of carbonyl (C=O) groups excluding carboxylic acids is 1. The van der Waals surface area contributed by atoms with Gasteiger partial charge in [0.25, 0.3) is 0 Å². The van der Waals surface area contributed by atoms with Crippen molar-refractivity contribution < 1.29 is 4.79 Å². The van der Waals surface area contributed by atoms with Crippen LogP contribution in [0, 0.1) is 0 Å². The molecular formula is C22H22N4O. The number of para-hydroxylation sites is 2. The smallest absolute Gasteiger partial charge is 0.220 e. The van der Waals surface area contributed by atoms with Crippen molar-refractivity contribution in [3.05, 3.63) is 84.3 Å². The summed E-state index contributed by atoms with van der Waals surface area (Å²) in [6, 6.07) is 18.2. The molecule has 0 bridgehead atoms. The molecule has 136 valence electrons. The van der Waals surface area contributed by atoms with Gasteiger partial charge in [0.15, 0.2) is 0 Å². The molecule has 5 heteroatoms. The van der Waals surface area contributed by atoms with Crippen LogP contribution >= 0.6 is 0 Å². The summed E-state index contributed by atoms with van der Waals surface area (Å²) in [4.78, 5) is 15.4. The van der Waals surface area contributed by atoms with Gasteiger partial charge in [-0.1, -0.05) is 36.4 Å². The van der Waals surface area contributed by atoms with Gasteiger partial charge < -0.3 is 10.3 Å². The third-order valence-electron chi connectivity index (χ3n) is 4.69. The number of nitrogens with one attached hydrogen (secondary N) is 2. The fourth-order valence-corrected chi connectivity index (χ4v) is 3.23. The van der Waals surface area contributed by atoms with Crippen molar-refractivity contribution in [3.8, 4) is 5.69 Å². The lowest BCUT2D eigenvalue weighted by atomic mass is 10.1. The predicted molar refractivity (Wildman–Crippen MR) is 107 cm³/mol. The van der Waals surface area contributed by atoms with E-state index in [4.69, 9.17) is 0 Å². The first-order valence-electron chi connectivity index (χ1n) is 9.20. The number of aromatic amines is 1. The lowest BCUT2D eigenvalue weighted by Gasteiger charge is -2.04. The molecule has 4 aromatic rings. The first-order chi connectivity index (χ1) is 13.3. The second-order valence-electron chi connectivity index (χ2n) is 6.59. The molecule has 2 aromatic heterocycles. The van der Waals surface area contributed by atoms with Gasteiger partial charge in [0.1, 0.15) is 0 Å². The molecule has 0 aliphatic carbocycles. The third kappa shape index (κ3) is 4.08.